The van der Waals surface area contributed by atoms with Crippen molar-refractivity contribution in [3.63, 3.8) is 0 Å². The van der Waals surface area contributed by atoms with Crippen molar-refractivity contribution in [2.24, 2.45) is 16.5 Å². The summed E-state index contributed by atoms with van der Waals surface area (Å²) in [5, 5.41) is 5.21. The molecule has 0 bridgehead atoms. The molecule has 1 aliphatic heterocycles. The number of anilines is 2. The summed E-state index contributed by atoms with van der Waals surface area (Å²) in [5.74, 6) is 0.677. The first-order valence-corrected chi connectivity index (χ1v) is 8.81. The molecule has 0 radical (unpaired) electrons. The van der Waals surface area contributed by atoms with Crippen LogP contribution in [0.4, 0.5) is 11.4 Å². The van der Waals surface area contributed by atoms with Crippen LogP contribution >= 0.6 is 0 Å². The van der Waals surface area contributed by atoms with Crippen LogP contribution in [0, 0.1) is 11.3 Å². The summed E-state index contributed by atoms with van der Waals surface area (Å²) >= 11 is 0. The van der Waals surface area contributed by atoms with E-state index >= 15 is 0 Å². The SMILES string of the molecule is CC(C)(C)C1CCN(c2cccc(S(N)(=O)=O)c2N)CC1. The van der Waals surface area contributed by atoms with E-state index in [0.29, 0.717) is 11.3 Å². The van der Waals surface area contributed by atoms with E-state index in [9.17, 15) is 8.42 Å². The number of hydrogen-bond donors (Lipinski definition) is 2. The van der Waals surface area contributed by atoms with Crippen LogP contribution in [-0.4, -0.2) is 21.5 Å². The number of hydrogen-bond acceptors (Lipinski definition) is 4. The first-order chi connectivity index (χ1) is 9.60. The summed E-state index contributed by atoms with van der Waals surface area (Å²) in [6.45, 7) is 8.58. The molecule has 0 aliphatic carbocycles. The molecule has 0 atom stereocenters. The Morgan fingerprint density at radius 1 is 1.19 bits per heavy atom. The molecular weight excluding hydrogens is 286 g/mol. The second kappa shape index (κ2) is 5.50. The van der Waals surface area contributed by atoms with Gasteiger partial charge >= 0.3 is 0 Å². The zero-order valence-electron chi connectivity index (χ0n) is 13.0. The lowest BCUT2D eigenvalue weighted by Crippen LogP contribution is -2.38. The van der Waals surface area contributed by atoms with Crippen LogP contribution in [0.3, 0.4) is 0 Å². The molecule has 4 N–H and O–H groups in total. The van der Waals surface area contributed by atoms with E-state index < -0.39 is 10.0 Å². The van der Waals surface area contributed by atoms with Crippen LogP contribution in [0.2, 0.25) is 0 Å². The molecule has 6 heteroatoms. The quantitative estimate of drug-likeness (QED) is 0.819. The highest BCUT2D eigenvalue weighted by molar-refractivity contribution is 7.89. The highest BCUT2D eigenvalue weighted by atomic mass is 32.2. The minimum Gasteiger partial charge on any atom is -0.396 e. The highest BCUT2D eigenvalue weighted by Gasteiger charge is 2.29. The lowest BCUT2D eigenvalue weighted by Gasteiger charge is -2.40. The number of nitrogens with zero attached hydrogens (tertiary/aromatic N) is 1. The maximum atomic E-state index is 11.6. The lowest BCUT2D eigenvalue weighted by atomic mass is 9.75. The zero-order chi connectivity index (χ0) is 15.8. The average Bonchev–Trinajstić information content (AvgIpc) is 2.37. The van der Waals surface area contributed by atoms with Crippen LogP contribution in [-0.2, 0) is 10.0 Å². The van der Waals surface area contributed by atoms with Gasteiger partial charge in [-0.15, -0.1) is 0 Å². The van der Waals surface area contributed by atoms with E-state index in [0.717, 1.165) is 31.6 Å². The van der Waals surface area contributed by atoms with Crippen LogP contribution in [0.15, 0.2) is 23.1 Å². The molecule has 1 saturated heterocycles. The molecule has 2 rings (SSSR count). The third-order valence-corrected chi connectivity index (χ3v) is 5.38. The molecule has 1 aliphatic rings. The van der Waals surface area contributed by atoms with Crippen LogP contribution < -0.4 is 15.8 Å². The van der Waals surface area contributed by atoms with E-state index in [1.54, 1.807) is 6.07 Å². The van der Waals surface area contributed by atoms with Gasteiger partial charge in [0.2, 0.25) is 10.0 Å². The van der Waals surface area contributed by atoms with Crippen molar-refractivity contribution in [3.8, 4) is 0 Å². The summed E-state index contributed by atoms with van der Waals surface area (Å²) < 4.78 is 23.1. The number of piperidine rings is 1. The summed E-state index contributed by atoms with van der Waals surface area (Å²) in [7, 11) is -3.78. The van der Waals surface area contributed by atoms with Crippen molar-refractivity contribution < 1.29 is 8.42 Å². The number of nitrogens with two attached hydrogens (primary N) is 2. The number of nitrogen functional groups attached to an aromatic ring is 1. The maximum Gasteiger partial charge on any atom is 0.240 e. The van der Waals surface area contributed by atoms with Crippen LogP contribution in [0.25, 0.3) is 0 Å². The van der Waals surface area contributed by atoms with E-state index in [1.807, 2.05) is 6.07 Å². The topological polar surface area (TPSA) is 89.4 Å². The van der Waals surface area contributed by atoms with E-state index in [2.05, 4.69) is 25.7 Å². The molecule has 21 heavy (non-hydrogen) atoms. The number of primary sulfonamides is 1. The number of para-hydroxylation sites is 1. The van der Waals surface area contributed by atoms with Crippen molar-refractivity contribution in [3.05, 3.63) is 18.2 Å². The third-order valence-electron chi connectivity index (χ3n) is 4.41. The Balaban J connectivity index is 2.22. The molecule has 1 heterocycles. The summed E-state index contributed by atoms with van der Waals surface area (Å²) in [5.41, 5.74) is 7.36. The fourth-order valence-corrected chi connectivity index (χ4v) is 3.72. The highest BCUT2D eigenvalue weighted by Crippen LogP contribution is 2.37. The largest absolute Gasteiger partial charge is 0.396 e. The maximum absolute atomic E-state index is 11.6. The molecular formula is C15H25N3O2S. The van der Waals surface area contributed by atoms with Gasteiger partial charge in [0.1, 0.15) is 4.90 Å². The van der Waals surface area contributed by atoms with Gasteiger partial charge in [0.05, 0.1) is 11.4 Å². The van der Waals surface area contributed by atoms with Gasteiger partial charge in [0, 0.05) is 13.1 Å². The Morgan fingerprint density at radius 3 is 2.24 bits per heavy atom. The van der Waals surface area contributed by atoms with Gasteiger partial charge in [0.15, 0.2) is 0 Å². The molecule has 0 amide bonds. The summed E-state index contributed by atoms with van der Waals surface area (Å²) in [6, 6.07) is 5.01. The molecule has 0 spiro atoms. The predicted molar refractivity (Wildman–Crippen MR) is 86.6 cm³/mol. The fraction of sp³-hybridized carbons (Fsp3) is 0.600. The minimum atomic E-state index is -3.78. The predicted octanol–water partition coefficient (Wildman–Crippen LogP) is 2.18. The number of sulfonamides is 1. The van der Waals surface area contributed by atoms with E-state index in [4.69, 9.17) is 10.9 Å². The van der Waals surface area contributed by atoms with Gasteiger partial charge in [-0.25, -0.2) is 13.6 Å². The van der Waals surface area contributed by atoms with Crippen molar-refractivity contribution in [2.75, 3.05) is 23.7 Å². The molecule has 1 fully saturated rings. The van der Waals surface area contributed by atoms with Crippen molar-refractivity contribution in [1.29, 1.82) is 0 Å². The monoisotopic (exact) mass is 311 g/mol. The molecule has 1 aromatic carbocycles. The first-order valence-electron chi connectivity index (χ1n) is 7.27. The Kier molecular flexibility index (Phi) is 4.22. The zero-order valence-corrected chi connectivity index (χ0v) is 13.8. The molecule has 118 valence electrons. The van der Waals surface area contributed by atoms with E-state index in [-0.39, 0.29) is 10.6 Å². The Morgan fingerprint density at radius 2 is 1.76 bits per heavy atom. The Labute approximate surface area is 127 Å². The van der Waals surface area contributed by atoms with Crippen LogP contribution in [0.5, 0.6) is 0 Å². The smallest absolute Gasteiger partial charge is 0.240 e. The van der Waals surface area contributed by atoms with Gasteiger partial charge < -0.3 is 10.6 Å². The van der Waals surface area contributed by atoms with Gasteiger partial charge in [0.25, 0.3) is 0 Å². The minimum absolute atomic E-state index is 0.0120. The van der Waals surface area contributed by atoms with Crippen molar-refractivity contribution >= 4 is 21.4 Å². The van der Waals surface area contributed by atoms with Gasteiger partial charge in [-0.2, -0.15) is 0 Å². The Hall–Kier alpha value is -1.27. The van der Waals surface area contributed by atoms with Crippen molar-refractivity contribution in [1.82, 2.24) is 0 Å². The van der Waals surface area contributed by atoms with Gasteiger partial charge in [-0.3, -0.25) is 0 Å². The second-order valence-electron chi connectivity index (χ2n) is 6.86. The average molecular weight is 311 g/mol. The molecule has 1 aromatic rings. The molecule has 0 unspecified atom stereocenters. The summed E-state index contributed by atoms with van der Waals surface area (Å²) in [6.07, 6.45) is 2.17. The molecule has 0 aromatic heterocycles. The first kappa shape index (κ1) is 16.1. The lowest BCUT2D eigenvalue weighted by molar-refractivity contribution is 0.199. The second-order valence-corrected chi connectivity index (χ2v) is 8.39. The molecule has 0 saturated carbocycles. The van der Waals surface area contributed by atoms with Crippen molar-refractivity contribution in [2.45, 2.75) is 38.5 Å². The number of rotatable bonds is 2. The summed E-state index contributed by atoms with van der Waals surface area (Å²) in [4.78, 5) is 2.17. The Bertz CT molecular complexity index is 612. The van der Waals surface area contributed by atoms with Gasteiger partial charge in [-0.1, -0.05) is 26.8 Å². The fourth-order valence-electron chi connectivity index (χ4n) is 3.04. The molecule has 5 nitrogen and oxygen atoms in total. The van der Waals surface area contributed by atoms with Gasteiger partial charge in [-0.05, 0) is 36.3 Å². The van der Waals surface area contributed by atoms with Crippen LogP contribution in [0.1, 0.15) is 33.6 Å². The third kappa shape index (κ3) is 3.49. The van der Waals surface area contributed by atoms with E-state index in [1.165, 1.54) is 6.07 Å². The standard InChI is InChI=1S/C15H25N3O2S/c1-15(2,3)11-7-9-18(10-8-11)12-5-4-6-13(14(12)16)21(17,19)20/h4-6,11H,7-10,16H2,1-3H3,(H2,17,19,20). The normalized spacial score (nSPS) is 18.0. The number of benzene rings is 1.